The lowest BCUT2D eigenvalue weighted by atomic mass is 9.95. The normalized spacial score (nSPS) is 16.1. The third kappa shape index (κ3) is 2.27. The molecule has 0 N–H and O–H groups in total. The lowest BCUT2D eigenvalue weighted by molar-refractivity contribution is -0.308. The largest absolute Gasteiger partial charge is 0.549 e. The van der Waals surface area contributed by atoms with Gasteiger partial charge in [-0.2, -0.15) is 0 Å². The van der Waals surface area contributed by atoms with E-state index in [0.717, 1.165) is 12.1 Å². The minimum absolute atomic E-state index is 0.0277. The van der Waals surface area contributed by atoms with E-state index in [2.05, 4.69) is 0 Å². The van der Waals surface area contributed by atoms with Crippen molar-refractivity contribution >= 4 is 11.8 Å². The maximum atomic E-state index is 13.7. The number of aliphatic carboxylic acids is 1. The molecule has 1 heterocycles. The summed E-state index contributed by atoms with van der Waals surface area (Å²) in [5.41, 5.74) is 0.556. The van der Waals surface area contributed by atoms with Gasteiger partial charge >= 0.3 is 0 Å². The van der Waals surface area contributed by atoms with Crippen molar-refractivity contribution in [3.63, 3.8) is 0 Å². The number of carboxylic acid groups (broad SMARTS) is 1. The Hall–Kier alpha value is -2.69. The van der Waals surface area contributed by atoms with Gasteiger partial charge in [0.2, 0.25) is 0 Å². The number of hydrogen-bond acceptors (Lipinski definition) is 4. The van der Waals surface area contributed by atoms with E-state index in [1.165, 1.54) is 0 Å². The van der Waals surface area contributed by atoms with E-state index in [4.69, 9.17) is 4.74 Å². The van der Waals surface area contributed by atoms with Gasteiger partial charge in [-0.25, -0.2) is 4.39 Å². The summed E-state index contributed by atoms with van der Waals surface area (Å²) in [6.45, 7) is -0.157. The molecule has 0 saturated carbocycles. The van der Waals surface area contributed by atoms with Crippen molar-refractivity contribution in [1.29, 1.82) is 0 Å². The summed E-state index contributed by atoms with van der Waals surface area (Å²) < 4.78 is 19.0. The van der Waals surface area contributed by atoms with Crippen LogP contribution < -0.4 is 9.84 Å². The van der Waals surface area contributed by atoms with Crippen LogP contribution in [0.5, 0.6) is 5.75 Å². The van der Waals surface area contributed by atoms with Crippen LogP contribution in [0.1, 0.15) is 27.4 Å². The molecule has 0 bridgehead atoms. The summed E-state index contributed by atoms with van der Waals surface area (Å²) in [7, 11) is 0. The van der Waals surface area contributed by atoms with Crippen LogP contribution in [0.25, 0.3) is 0 Å². The van der Waals surface area contributed by atoms with Crippen LogP contribution in [-0.4, -0.2) is 18.4 Å². The number of ketones is 1. The Morgan fingerprint density at radius 1 is 1.19 bits per heavy atom. The third-order valence-corrected chi connectivity index (χ3v) is 3.42. The number of rotatable bonds is 3. The van der Waals surface area contributed by atoms with E-state index in [0.29, 0.717) is 5.56 Å². The monoisotopic (exact) mass is 285 g/mol. The molecule has 2 aromatic rings. The lowest BCUT2D eigenvalue weighted by Crippen LogP contribution is -2.30. The molecule has 3 rings (SSSR count). The Labute approximate surface area is 119 Å². The average Bonchev–Trinajstić information content (AvgIpc) is 2.90. The summed E-state index contributed by atoms with van der Waals surface area (Å²) in [5, 5.41) is 11.0. The maximum absolute atomic E-state index is 13.7. The molecule has 1 aliphatic heterocycles. The van der Waals surface area contributed by atoms with Crippen molar-refractivity contribution in [2.24, 2.45) is 0 Å². The molecule has 1 atom stereocenters. The van der Waals surface area contributed by atoms with E-state index < -0.39 is 23.5 Å². The van der Waals surface area contributed by atoms with E-state index in [9.17, 15) is 19.1 Å². The fourth-order valence-corrected chi connectivity index (χ4v) is 2.40. The molecule has 21 heavy (non-hydrogen) atoms. The number of carbonyl (C=O) groups excluding carboxylic acids is 2. The van der Waals surface area contributed by atoms with Gasteiger partial charge in [-0.15, -0.1) is 0 Å². The second kappa shape index (κ2) is 5.01. The molecule has 1 aliphatic rings. The van der Waals surface area contributed by atoms with Crippen LogP contribution in [0.4, 0.5) is 4.39 Å². The zero-order valence-electron chi connectivity index (χ0n) is 10.8. The second-order valence-corrected chi connectivity index (χ2v) is 4.75. The minimum atomic E-state index is -1.35. The number of halogens is 1. The van der Waals surface area contributed by atoms with Crippen molar-refractivity contribution in [2.75, 3.05) is 6.61 Å². The molecule has 5 heteroatoms. The Morgan fingerprint density at radius 3 is 2.57 bits per heavy atom. The summed E-state index contributed by atoms with van der Waals surface area (Å²) in [4.78, 5) is 23.5. The van der Waals surface area contributed by atoms with Gasteiger partial charge in [0.05, 0.1) is 17.5 Å². The number of ether oxygens (including phenoxy) is 1. The number of hydrogen-bond donors (Lipinski definition) is 0. The summed E-state index contributed by atoms with van der Waals surface area (Å²) in [6.07, 6.45) is 0. The van der Waals surface area contributed by atoms with E-state index >= 15 is 0 Å². The Morgan fingerprint density at radius 2 is 1.90 bits per heavy atom. The van der Waals surface area contributed by atoms with E-state index in [-0.39, 0.29) is 23.5 Å². The minimum Gasteiger partial charge on any atom is -0.549 e. The molecule has 2 aromatic carbocycles. The van der Waals surface area contributed by atoms with Gasteiger partial charge in [0.15, 0.2) is 5.78 Å². The van der Waals surface area contributed by atoms with Crippen LogP contribution in [0.3, 0.4) is 0 Å². The summed E-state index contributed by atoms with van der Waals surface area (Å²) >= 11 is 0. The standard InChI is InChI=1S/C16H11FO4/c17-10-6-11-13(16(19)20)8-21-15(11)12(7-10)14(18)9-4-2-1-3-5-9/h1-7,13H,8H2,(H,19,20)/p-1. The van der Waals surface area contributed by atoms with Crippen molar-refractivity contribution in [3.8, 4) is 5.75 Å². The first-order chi connectivity index (χ1) is 10.1. The predicted molar refractivity (Wildman–Crippen MR) is 69.5 cm³/mol. The van der Waals surface area contributed by atoms with Crippen molar-refractivity contribution in [2.45, 2.75) is 5.92 Å². The molecule has 0 aromatic heterocycles. The van der Waals surface area contributed by atoms with Gasteiger partial charge < -0.3 is 14.6 Å². The quantitative estimate of drug-likeness (QED) is 0.797. The highest BCUT2D eigenvalue weighted by Crippen LogP contribution is 2.38. The number of benzene rings is 2. The molecule has 0 saturated heterocycles. The Kier molecular flexibility index (Phi) is 3.17. The zero-order chi connectivity index (χ0) is 15.0. The fourth-order valence-electron chi connectivity index (χ4n) is 2.40. The van der Waals surface area contributed by atoms with Gasteiger partial charge in [-0.3, -0.25) is 4.79 Å². The smallest absolute Gasteiger partial charge is 0.196 e. The average molecular weight is 285 g/mol. The first-order valence-electron chi connectivity index (χ1n) is 6.35. The number of carboxylic acids is 1. The zero-order valence-corrected chi connectivity index (χ0v) is 10.8. The molecule has 106 valence electrons. The molecule has 1 unspecified atom stereocenters. The molecule has 0 spiro atoms. The molecule has 0 fully saturated rings. The highest BCUT2D eigenvalue weighted by Gasteiger charge is 2.30. The highest BCUT2D eigenvalue weighted by molar-refractivity contribution is 6.11. The third-order valence-electron chi connectivity index (χ3n) is 3.42. The van der Waals surface area contributed by atoms with Crippen LogP contribution in [-0.2, 0) is 4.79 Å². The van der Waals surface area contributed by atoms with Crippen LogP contribution in [0.2, 0.25) is 0 Å². The number of fused-ring (bicyclic) bond motifs is 1. The number of carbonyl (C=O) groups is 2. The molecular weight excluding hydrogens is 275 g/mol. The second-order valence-electron chi connectivity index (χ2n) is 4.75. The predicted octanol–water partition coefficient (Wildman–Crippen LogP) is 1.28. The first kappa shape index (κ1) is 13.3. The maximum Gasteiger partial charge on any atom is 0.196 e. The van der Waals surface area contributed by atoms with Crippen LogP contribution in [0.15, 0.2) is 42.5 Å². The fraction of sp³-hybridized carbons (Fsp3) is 0.125. The van der Waals surface area contributed by atoms with Crippen molar-refractivity contribution in [1.82, 2.24) is 0 Å². The van der Waals surface area contributed by atoms with Crippen LogP contribution in [0, 0.1) is 5.82 Å². The van der Waals surface area contributed by atoms with Gasteiger partial charge in [-0.05, 0) is 12.1 Å². The topological polar surface area (TPSA) is 66.4 Å². The molecule has 0 radical (unpaired) electrons. The SMILES string of the molecule is O=C(c1ccccc1)c1cc(F)cc2c1OCC2C(=O)[O-]. The molecular formula is C16H10FO4-. The van der Waals surface area contributed by atoms with Gasteiger partial charge in [0.25, 0.3) is 0 Å². The highest BCUT2D eigenvalue weighted by atomic mass is 19.1. The summed E-state index contributed by atoms with van der Waals surface area (Å²) in [5.74, 6) is -3.37. The molecule has 0 amide bonds. The van der Waals surface area contributed by atoms with E-state index in [1.807, 2.05) is 0 Å². The summed E-state index contributed by atoms with van der Waals surface area (Å²) in [6, 6.07) is 10.5. The molecule has 4 nitrogen and oxygen atoms in total. The van der Waals surface area contributed by atoms with Crippen LogP contribution >= 0.6 is 0 Å². The van der Waals surface area contributed by atoms with Gasteiger partial charge in [-0.1, -0.05) is 30.3 Å². The van der Waals surface area contributed by atoms with Gasteiger partial charge in [0, 0.05) is 11.1 Å². The van der Waals surface area contributed by atoms with E-state index in [1.54, 1.807) is 30.3 Å². The van der Waals surface area contributed by atoms with Crippen molar-refractivity contribution < 1.29 is 23.8 Å². The lowest BCUT2D eigenvalue weighted by Gasteiger charge is -2.10. The van der Waals surface area contributed by atoms with Crippen molar-refractivity contribution in [3.05, 3.63) is 65.0 Å². The first-order valence-corrected chi connectivity index (χ1v) is 6.35. The van der Waals surface area contributed by atoms with Gasteiger partial charge in [0.1, 0.15) is 18.2 Å². The Bertz CT molecular complexity index is 725. The molecule has 0 aliphatic carbocycles. The Balaban J connectivity index is 2.11.